The molecule has 8 aromatic heterocycles. The Morgan fingerprint density at radius 1 is 0.362 bits per heavy atom. The molecule has 0 bridgehead atoms. The van der Waals surface area contributed by atoms with Crippen LogP contribution in [-0.4, -0.2) is 49.1 Å². The van der Waals surface area contributed by atoms with Gasteiger partial charge in [-0.2, -0.15) is 0 Å². The molecule has 0 aliphatic heterocycles. The number of non-ortho nitro benzene ring substituents is 1. The van der Waals surface area contributed by atoms with Gasteiger partial charge in [0, 0.05) is 132 Å². The zero-order chi connectivity index (χ0) is 83.9. The largest absolute Gasteiger partial charge is 0.472 e. The van der Waals surface area contributed by atoms with E-state index in [1.54, 1.807) is 24.7 Å². The summed E-state index contributed by atoms with van der Waals surface area (Å²) in [6.07, 6.45) is 19.6. The van der Waals surface area contributed by atoms with Crippen molar-refractivity contribution in [2.24, 2.45) is 0 Å². The Morgan fingerprint density at radius 3 is 0.974 bits per heavy atom. The topological polar surface area (TPSA) is 238 Å². The van der Waals surface area contributed by atoms with E-state index in [4.69, 9.17) is 36.1 Å². The number of aryl methyl sites for hydroxylation is 6. The van der Waals surface area contributed by atoms with Crippen molar-refractivity contribution in [2.75, 3.05) is 0 Å². The van der Waals surface area contributed by atoms with Crippen LogP contribution in [0.5, 0.6) is 0 Å². The lowest BCUT2D eigenvalue weighted by atomic mass is 9.88. The van der Waals surface area contributed by atoms with Crippen LogP contribution in [0.1, 0.15) is 199 Å². The van der Waals surface area contributed by atoms with E-state index in [1.165, 1.54) is 65.6 Å². The summed E-state index contributed by atoms with van der Waals surface area (Å²) in [5, 5.41) is 40.8. The van der Waals surface area contributed by atoms with Gasteiger partial charge >= 0.3 is 0 Å². The van der Waals surface area contributed by atoms with Gasteiger partial charge in [0.05, 0.1) is 23.1 Å². The first-order valence-corrected chi connectivity index (χ1v) is 45.0. The summed E-state index contributed by atoms with van der Waals surface area (Å²) >= 11 is 3.43. The monoisotopic (exact) mass is 1650 g/mol. The van der Waals surface area contributed by atoms with E-state index in [0.717, 1.165) is 211 Å². The first-order chi connectivity index (χ1) is 55.7. The molecule has 8 heterocycles. The van der Waals surface area contributed by atoms with Crippen molar-refractivity contribution < 1.29 is 41.0 Å². The van der Waals surface area contributed by atoms with Crippen LogP contribution < -0.4 is 5.38 Å². The van der Waals surface area contributed by atoms with Gasteiger partial charge in [-0.1, -0.05) is 292 Å². The van der Waals surface area contributed by atoms with Gasteiger partial charge in [-0.15, -0.1) is 0 Å². The Kier molecular flexibility index (Phi) is 35.1. The fraction of sp³-hybridized carbons (Fsp3) is 0.365. The normalized spacial score (nSPS) is 11.0. The molecule has 0 amide bonds. The van der Waals surface area contributed by atoms with Crippen molar-refractivity contribution in [2.45, 2.75) is 232 Å². The zero-order valence-electron chi connectivity index (χ0n) is 71.5. The third-order valence-corrected chi connectivity index (χ3v) is 22.2. The van der Waals surface area contributed by atoms with Gasteiger partial charge in [0.2, 0.25) is 0 Å². The molecule has 612 valence electrons. The Bertz CT molecular complexity index is 5010. The number of unbranched alkanes of at least 4 members (excludes halogenated alkanes) is 5. The maximum absolute atomic E-state index is 10.6. The van der Waals surface area contributed by atoms with Crippen LogP contribution >= 0.6 is 15.9 Å². The fourth-order valence-electron chi connectivity index (χ4n) is 12.9. The first kappa shape index (κ1) is 90.7. The zero-order valence-corrected chi connectivity index (χ0v) is 74.1. The molecule has 14 rings (SSSR count). The van der Waals surface area contributed by atoms with E-state index >= 15 is 0 Å². The molecule has 0 saturated heterocycles. The second kappa shape index (κ2) is 44.9. The SMILES string of the molecule is CCCCc1onc(-c2ccc(Br)cc2)c1C.CCCCc1onc(-c2ccc(C)cc2)c1C.CCCCc1onc(-c2ccc([N+](=O)[O-])cc2)c1C.CCCCc1onc(-c2ccccc2)c1C.CCCCc1onc(-c2ccoc2)c1C.Cc1c(-c2ccccc2)noc1[Si](C)(C)C.Cc1c(C(C)(C)C)noc1-c1ccccc1. The van der Waals surface area contributed by atoms with Gasteiger partial charge < -0.3 is 36.1 Å². The molecular formula is C96H117BrN8O10Si. The Hall–Kier alpha value is -10.8. The average molecular weight is 1650 g/mol. The molecular weight excluding hydrogens is 1530 g/mol. The van der Waals surface area contributed by atoms with Crippen LogP contribution in [0.15, 0.2) is 223 Å². The van der Waals surface area contributed by atoms with Crippen LogP contribution in [0.2, 0.25) is 19.6 Å². The van der Waals surface area contributed by atoms with Crippen LogP contribution in [0.25, 0.3) is 78.9 Å². The summed E-state index contributed by atoms with van der Waals surface area (Å²) in [6, 6.07) is 55.3. The van der Waals surface area contributed by atoms with Crippen molar-refractivity contribution in [3.05, 3.63) is 276 Å². The number of furan rings is 1. The van der Waals surface area contributed by atoms with Gasteiger partial charge in [-0.25, -0.2) is 0 Å². The number of hydrogen-bond acceptors (Lipinski definition) is 17. The highest BCUT2D eigenvalue weighted by molar-refractivity contribution is 9.10. The number of aromatic nitrogens is 7. The summed E-state index contributed by atoms with van der Waals surface area (Å²) in [6.45, 7) is 40.6. The molecule has 20 heteroatoms. The van der Waals surface area contributed by atoms with Crippen LogP contribution in [0.3, 0.4) is 0 Å². The minimum Gasteiger partial charge on any atom is -0.472 e. The molecule has 0 radical (unpaired) electrons. The highest BCUT2D eigenvalue weighted by Gasteiger charge is 2.28. The number of nitrogens with zero attached hydrogens (tertiary/aromatic N) is 8. The quantitative estimate of drug-likeness (QED) is 0.0310. The standard InChI is InChI=1S/C15H19NO.C14H16BrNO.C14H16N2O3.2C14H17NO.C13H17NOSi.C12H15NO2/c1-4-5-6-14-12(3)15(16-17-14)13-9-7-11(2)8-10-13;1-3-4-5-13-10(2)14(16-17-13)11-6-8-12(15)9-7-11;1-3-4-5-13-10(2)14(15-19-13)11-6-8-12(9-7-11)16(17)18;1-10-12(11-8-6-5-7-9-11)16-15-13(10)14(2,3)4;1-3-4-10-13-11(2)14(15-16-13)12-8-6-5-7-9-12;1-10-12(11-8-6-5-7-9-11)14-15-13(10)16(2,3)4;1-3-4-5-11-9(2)12(13-15-11)10-6-7-14-8-10/h7-10H,4-6H2,1-3H3;6-9H,3-5H2,1-2H3;6-9H,3-5H2,1-2H3;5-9H,1-4H3;5-9H,3-4,10H2,1-2H3;5-9H,1-4H3;6-8H,3-5H2,1-2H3. The minimum atomic E-state index is -1.42. The van der Waals surface area contributed by atoms with Gasteiger partial charge in [0.25, 0.3) is 5.69 Å². The molecule has 116 heavy (non-hydrogen) atoms. The molecule has 0 aliphatic rings. The van der Waals surface area contributed by atoms with E-state index in [9.17, 15) is 10.1 Å². The number of nitro benzene ring substituents is 1. The second-order valence-electron chi connectivity index (χ2n) is 31.2. The molecule has 14 aromatic rings. The maximum atomic E-state index is 10.6. The number of nitro groups is 1. The Labute approximate surface area is 694 Å². The summed E-state index contributed by atoms with van der Waals surface area (Å²) in [7, 11) is -1.42. The minimum absolute atomic E-state index is 0.0284. The molecule has 0 spiro atoms. The highest BCUT2D eigenvalue weighted by Crippen LogP contribution is 2.35. The van der Waals surface area contributed by atoms with Crippen molar-refractivity contribution in [1.29, 1.82) is 0 Å². The number of hydrogen-bond donors (Lipinski definition) is 0. The summed E-state index contributed by atoms with van der Waals surface area (Å²) in [4.78, 5) is 10.2. The lowest BCUT2D eigenvalue weighted by Gasteiger charge is -2.14. The van der Waals surface area contributed by atoms with Gasteiger partial charge in [0.15, 0.2) is 5.76 Å². The van der Waals surface area contributed by atoms with Crippen molar-refractivity contribution >= 4 is 35.1 Å². The molecule has 0 atom stereocenters. The van der Waals surface area contributed by atoms with Gasteiger partial charge in [-0.3, -0.25) is 10.1 Å². The first-order valence-electron chi connectivity index (χ1n) is 40.7. The van der Waals surface area contributed by atoms with Crippen molar-refractivity contribution in [1.82, 2.24) is 36.1 Å². The van der Waals surface area contributed by atoms with E-state index < -0.39 is 13.0 Å². The molecule has 18 nitrogen and oxygen atoms in total. The molecule has 0 N–H and O–H groups in total. The Morgan fingerprint density at radius 2 is 0.672 bits per heavy atom. The lowest BCUT2D eigenvalue weighted by Crippen LogP contribution is -2.38. The van der Waals surface area contributed by atoms with Crippen molar-refractivity contribution in [3.8, 4) is 78.9 Å². The molecule has 0 unspecified atom stereocenters. The predicted molar refractivity (Wildman–Crippen MR) is 473 cm³/mol. The number of rotatable bonds is 24. The average Bonchev–Trinajstić information content (AvgIpc) is 1.65. The molecule has 6 aromatic carbocycles. The molecule has 0 saturated carbocycles. The summed E-state index contributed by atoms with van der Waals surface area (Å²) < 4.78 is 44.0. The second-order valence-corrected chi connectivity index (χ2v) is 37.0. The third-order valence-electron chi connectivity index (χ3n) is 19.8. The van der Waals surface area contributed by atoms with E-state index in [0.29, 0.717) is 0 Å². The van der Waals surface area contributed by atoms with Crippen molar-refractivity contribution in [3.63, 3.8) is 0 Å². The number of benzene rings is 6. The van der Waals surface area contributed by atoms with Crippen LogP contribution in [-0.2, 0) is 37.5 Å². The van der Waals surface area contributed by atoms with E-state index in [1.807, 2.05) is 98.8 Å². The predicted octanol–water partition coefficient (Wildman–Crippen LogP) is 27.7. The fourth-order valence-corrected chi connectivity index (χ4v) is 14.7. The Balaban J connectivity index is 0.000000169. The van der Waals surface area contributed by atoms with Gasteiger partial charge in [0.1, 0.15) is 76.4 Å². The maximum Gasteiger partial charge on any atom is 0.269 e. The summed E-state index contributed by atoms with van der Waals surface area (Å²) in [5.41, 5.74) is 23.4. The smallest absolute Gasteiger partial charge is 0.269 e. The molecule has 0 fully saturated rings. The van der Waals surface area contributed by atoms with Crippen LogP contribution in [0.4, 0.5) is 5.69 Å². The van der Waals surface area contributed by atoms with Crippen LogP contribution in [0, 0.1) is 65.5 Å². The highest BCUT2D eigenvalue weighted by atomic mass is 79.9. The third kappa shape index (κ3) is 25.6. The molecule has 0 aliphatic carbocycles. The van der Waals surface area contributed by atoms with E-state index in [2.05, 4.69) is 229 Å². The lowest BCUT2D eigenvalue weighted by molar-refractivity contribution is -0.384. The van der Waals surface area contributed by atoms with E-state index in [-0.39, 0.29) is 11.1 Å². The summed E-state index contributed by atoms with van der Waals surface area (Å²) in [5.74, 6) is 5.85. The van der Waals surface area contributed by atoms with Gasteiger partial charge in [-0.05, 0) is 118 Å². The number of halogens is 1.